The van der Waals surface area contributed by atoms with Gasteiger partial charge < -0.3 is 10.1 Å². The fourth-order valence-corrected chi connectivity index (χ4v) is 1.39. The highest BCUT2D eigenvalue weighted by molar-refractivity contribution is 5.88. The zero-order chi connectivity index (χ0) is 14.4. The van der Waals surface area contributed by atoms with Crippen molar-refractivity contribution in [1.82, 2.24) is 20.3 Å². The van der Waals surface area contributed by atoms with E-state index >= 15 is 0 Å². The summed E-state index contributed by atoms with van der Waals surface area (Å²) < 4.78 is 31.1. The number of ether oxygens (including phenoxy) is 1. The second-order valence-corrected chi connectivity index (χ2v) is 3.46. The maximum atomic E-state index is 12.9. The van der Waals surface area contributed by atoms with Crippen LogP contribution >= 0.6 is 0 Å². The molecule has 1 N–H and O–H groups in total. The van der Waals surface area contributed by atoms with Gasteiger partial charge in [0.05, 0.1) is 6.61 Å². The summed E-state index contributed by atoms with van der Waals surface area (Å²) in [4.78, 5) is 22.8. The lowest BCUT2D eigenvalue weighted by molar-refractivity contribution is -0.121. The van der Waals surface area contributed by atoms with E-state index in [4.69, 9.17) is 0 Å². The van der Waals surface area contributed by atoms with Gasteiger partial charge in [-0.2, -0.15) is 0 Å². The molecule has 0 aromatic carbocycles. The van der Waals surface area contributed by atoms with Crippen molar-refractivity contribution < 1.29 is 23.1 Å². The number of likely N-dealkylation sites (N-methyl/N-ethyl adjacent to an activating group) is 1. The Balaban J connectivity index is 3.00. The number of alkyl halides is 2. The lowest BCUT2D eigenvalue weighted by Gasteiger charge is -2.06. The van der Waals surface area contributed by atoms with Gasteiger partial charge in [0.1, 0.15) is 12.2 Å². The molecule has 7 nitrogen and oxygen atoms in total. The minimum atomic E-state index is -2.98. The van der Waals surface area contributed by atoms with Crippen molar-refractivity contribution in [3.8, 4) is 0 Å². The normalized spacial score (nSPS) is 10.6. The van der Waals surface area contributed by atoms with Crippen LogP contribution in [0.5, 0.6) is 0 Å². The molecule has 0 aliphatic heterocycles. The number of amides is 1. The van der Waals surface area contributed by atoms with Crippen molar-refractivity contribution in [3.63, 3.8) is 0 Å². The summed E-state index contributed by atoms with van der Waals surface area (Å²) in [6.07, 6.45) is -2.98. The lowest BCUT2D eigenvalue weighted by atomic mass is 10.3. The lowest BCUT2D eigenvalue weighted by Crippen LogP contribution is -2.28. The van der Waals surface area contributed by atoms with Crippen molar-refractivity contribution in [2.45, 2.75) is 26.8 Å². The molecule has 1 amide bonds. The molecule has 1 rings (SSSR count). The summed E-state index contributed by atoms with van der Waals surface area (Å²) in [6.45, 7) is 3.20. The van der Waals surface area contributed by atoms with Gasteiger partial charge in [-0.25, -0.2) is 18.3 Å². The summed E-state index contributed by atoms with van der Waals surface area (Å²) in [5.41, 5.74) is -1.29. The number of carbonyl (C=O) groups excluding carboxylic acids is 2. The van der Waals surface area contributed by atoms with E-state index in [1.54, 1.807) is 13.8 Å². The summed E-state index contributed by atoms with van der Waals surface area (Å²) in [7, 11) is 0. The molecule has 1 aromatic rings. The monoisotopic (exact) mass is 276 g/mol. The van der Waals surface area contributed by atoms with E-state index in [2.05, 4.69) is 20.4 Å². The van der Waals surface area contributed by atoms with Crippen LogP contribution in [-0.4, -0.2) is 40.0 Å². The third-order valence-electron chi connectivity index (χ3n) is 2.12. The second-order valence-electron chi connectivity index (χ2n) is 3.46. The number of esters is 1. The Kier molecular flexibility index (Phi) is 5.34. The third-order valence-corrected chi connectivity index (χ3v) is 2.12. The highest BCUT2D eigenvalue weighted by Crippen LogP contribution is 2.21. The van der Waals surface area contributed by atoms with Crippen LogP contribution in [0, 0.1) is 0 Å². The van der Waals surface area contributed by atoms with E-state index in [0.29, 0.717) is 11.2 Å². The molecule has 0 atom stereocenters. The Hall–Kier alpha value is -2.06. The van der Waals surface area contributed by atoms with Gasteiger partial charge in [-0.3, -0.25) is 4.79 Å². The molecule has 0 aliphatic rings. The van der Waals surface area contributed by atoms with Crippen LogP contribution in [0.15, 0.2) is 0 Å². The molecule has 0 unspecified atom stereocenters. The Morgan fingerprint density at radius 1 is 1.42 bits per heavy atom. The number of hydrogen-bond acceptors (Lipinski definition) is 5. The van der Waals surface area contributed by atoms with Crippen molar-refractivity contribution in [2.75, 3.05) is 13.2 Å². The molecule has 1 aromatic heterocycles. The summed E-state index contributed by atoms with van der Waals surface area (Å²) in [5, 5.41) is 9.17. The average molecular weight is 276 g/mol. The number of nitrogens with one attached hydrogen (secondary N) is 1. The van der Waals surface area contributed by atoms with Crippen LogP contribution < -0.4 is 5.32 Å². The fourth-order valence-electron chi connectivity index (χ4n) is 1.39. The first-order valence-electron chi connectivity index (χ1n) is 5.66. The van der Waals surface area contributed by atoms with Gasteiger partial charge in [0, 0.05) is 6.54 Å². The summed E-state index contributed by atoms with van der Waals surface area (Å²) in [5.74, 6) is -1.48. The second kappa shape index (κ2) is 6.76. The molecule has 0 saturated heterocycles. The maximum Gasteiger partial charge on any atom is 0.361 e. The minimum Gasteiger partial charge on any atom is -0.461 e. The molecule has 0 aliphatic carbocycles. The van der Waals surface area contributed by atoms with E-state index in [-0.39, 0.29) is 6.61 Å². The number of aromatic nitrogens is 3. The molecule has 9 heteroatoms. The predicted octanol–water partition coefficient (Wildman–Crippen LogP) is 0.528. The maximum absolute atomic E-state index is 12.9. The van der Waals surface area contributed by atoms with Gasteiger partial charge in [0.25, 0.3) is 6.43 Å². The zero-order valence-electron chi connectivity index (χ0n) is 10.5. The molecule has 106 valence electrons. The molecule has 0 spiro atoms. The van der Waals surface area contributed by atoms with E-state index in [1.165, 1.54) is 0 Å². The van der Waals surface area contributed by atoms with Crippen LogP contribution in [0.25, 0.3) is 0 Å². The standard InChI is InChI=1S/C10H14F2N4O3/c1-3-13-6(17)5-16-8(9(11)12)7(14-15-16)10(18)19-4-2/h9H,3-5H2,1-2H3,(H,13,17). The third kappa shape index (κ3) is 3.70. The highest BCUT2D eigenvalue weighted by atomic mass is 19.3. The van der Waals surface area contributed by atoms with E-state index in [0.717, 1.165) is 0 Å². The van der Waals surface area contributed by atoms with Crippen LogP contribution in [0.4, 0.5) is 8.78 Å². The minimum absolute atomic E-state index is 0.0324. The number of halogens is 2. The molecular formula is C10H14F2N4O3. The van der Waals surface area contributed by atoms with E-state index < -0.39 is 36.2 Å². The molecule has 19 heavy (non-hydrogen) atoms. The van der Waals surface area contributed by atoms with Crippen LogP contribution in [0.3, 0.4) is 0 Å². The Bertz CT molecular complexity index is 462. The highest BCUT2D eigenvalue weighted by Gasteiger charge is 2.28. The smallest absolute Gasteiger partial charge is 0.361 e. The van der Waals surface area contributed by atoms with Gasteiger partial charge in [-0.05, 0) is 13.8 Å². The van der Waals surface area contributed by atoms with Gasteiger partial charge in [0.2, 0.25) is 5.91 Å². The SMILES string of the molecule is CCNC(=O)Cn1nnc(C(=O)OCC)c1C(F)F. The topological polar surface area (TPSA) is 86.1 Å². The van der Waals surface area contributed by atoms with E-state index in [9.17, 15) is 18.4 Å². The Labute approximate surface area is 107 Å². The van der Waals surface area contributed by atoms with Gasteiger partial charge in [-0.1, -0.05) is 5.21 Å². The molecule has 0 radical (unpaired) electrons. The van der Waals surface area contributed by atoms with Gasteiger partial charge in [0.15, 0.2) is 5.69 Å². The molecule has 0 saturated carbocycles. The van der Waals surface area contributed by atoms with Crippen molar-refractivity contribution in [1.29, 1.82) is 0 Å². The van der Waals surface area contributed by atoms with Crippen LogP contribution in [-0.2, 0) is 16.1 Å². The van der Waals surface area contributed by atoms with Crippen molar-refractivity contribution >= 4 is 11.9 Å². The van der Waals surface area contributed by atoms with Gasteiger partial charge in [-0.15, -0.1) is 5.10 Å². The summed E-state index contributed by atoms with van der Waals surface area (Å²) in [6, 6.07) is 0. The van der Waals surface area contributed by atoms with Crippen LogP contribution in [0.2, 0.25) is 0 Å². The number of hydrogen-bond donors (Lipinski definition) is 1. The number of nitrogens with zero attached hydrogens (tertiary/aromatic N) is 3. The molecular weight excluding hydrogens is 262 g/mol. The van der Waals surface area contributed by atoms with Crippen LogP contribution in [0.1, 0.15) is 36.5 Å². The van der Waals surface area contributed by atoms with Crippen molar-refractivity contribution in [2.24, 2.45) is 0 Å². The predicted molar refractivity (Wildman–Crippen MR) is 59.6 cm³/mol. The van der Waals surface area contributed by atoms with Crippen molar-refractivity contribution in [3.05, 3.63) is 11.4 Å². The number of rotatable bonds is 6. The first kappa shape index (κ1) is 15.0. The van der Waals surface area contributed by atoms with E-state index in [1.807, 2.05) is 0 Å². The molecule has 1 heterocycles. The zero-order valence-corrected chi connectivity index (χ0v) is 10.5. The first-order valence-corrected chi connectivity index (χ1v) is 5.66. The fraction of sp³-hybridized carbons (Fsp3) is 0.600. The quantitative estimate of drug-likeness (QED) is 0.766. The molecule has 0 fully saturated rings. The number of carbonyl (C=O) groups is 2. The Morgan fingerprint density at radius 2 is 2.11 bits per heavy atom. The largest absolute Gasteiger partial charge is 0.461 e. The summed E-state index contributed by atoms with van der Waals surface area (Å²) >= 11 is 0. The Morgan fingerprint density at radius 3 is 2.63 bits per heavy atom. The van der Waals surface area contributed by atoms with Gasteiger partial charge >= 0.3 is 5.97 Å². The average Bonchev–Trinajstić information content (AvgIpc) is 2.73. The molecule has 0 bridgehead atoms. The first-order chi connectivity index (χ1) is 9.01.